The number of hydrogen-bond acceptors (Lipinski definition) is 7. The van der Waals surface area contributed by atoms with Crippen molar-refractivity contribution in [2.24, 2.45) is 0 Å². The van der Waals surface area contributed by atoms with E-state index in [0.717, 1.165) is 47.7 Å². The van der Waals surface area contributed by atoms with E-state index in [4.69, 9.17) is 4.74 Å². The molecule has 2 heterocycles. The number of aryl methyl sites for hydroxylation is 1. The van der Waals surface area contributed by atoms with Crippen LogP contribution in [0, 0.1) is 0 Å². The summed E-state index contributed by atoms with van der Waals surface area (Å²) in [5.74, 6) is 1.86. The van der Waals surface area contributed by atoms with Crippen LogP contribution in [0.3, 0.4) is 0 Å². The highest BCUT2D eigenvalue weighted by Gasteiger charge is 2.18. The van der Waals surface area contributed by atoms with Gasteiger partial charge in [0.15, 0.2) is 12.4 Å². The molecule has 3 rings (SSSR count). The Kier molecular flexibility index (Phi) is 11.5. The SMILES string of the molecule is CC(O)CN(CC(C)O)c1ccc(/C=C/c2cc[n+](CCCC(=O)OC3CCSSC3)cc2)cc1. The van der Waals surface area contributed by atoms with E-state index in [1.54, 1.807) is 24.6 Å². The van der Waals surface area contributed by atoms with Gasteiger partial charge in [0.05, 0.1) is 18.6 Å². The average Bonchev–Trinajstić information content (AvgIpc) is 2.83. The van der Waals surface area contributed by atoms with Crippen LogP contribution in [-0.2, 0) is 16.1 Å². The van der Waals surface area contributed by atoms with E-state index in [2.05, 4.69) is 28.9 Å². The van der Waals surface area contributed by atoms with E-state index < -0.39 is 12.2 Å². The molecule has 0 aliphatic carbocycles. The molecule has 0 amide bonds. The first kappa shape index (κ1) is 27.6. The fourth-order valence-electron chi connectivity index (χ4n) is 3.83. The number of anilines is 1. The fraction of sp³-hybridized carbons (Fsp3) is 0.481. The molecule has 3 unspecified atom stereocenters. The summed E-state index contributed by atoms with van der Waals surface area (Å²) >= 11 is 0. The van der Waals surface area contributed by atoms with Gasteiger partial charge >= 0.3 is 5.97 Å². The Hall–Kier alpha value is -2.00. The molecular formula is C27H37N2O4S2+. The van der Waals surface area contributed by atoms with Crippen LogP contribution >= 0.6 is 21.6 Å². The number of hydrogen-bond donors (Lipinski definition) is 2. The molecular weight excluding hydrogens is 480 g/mol. The highest BCUT2D eigenvalue weighted by atomic mass is 33.1. The Balaban J connectivity index is 1.45. The fourth-order valence-corrected chi connectivity index (χ4v) is 6.18. The van der Waals surface area contributed by atoms with Gasteiger partial charge in [-0.15, -0.1) is 0 Å². The molecule has 190 valence electrons. The Morgan fingerprint density at radius 3 is 2.26 bits per heavy atom. The highest BCUT2D eigenvalue weighted by molar-refractivity contribution is 8.76. The Morgan fingerprint density at radius 1 is 1.06 bits per heavy atom. The molecule has 1 aliphatic rings. The number of aliphatic hydroxyl groups is 2. The third kappa shape index (κ3) is 10.3. The molecule has 1 fully saturated rings. The zero-order valence-electron chi connectivity index (χ0n) is 20.6. The predicted molar refractivity (Wildman–Crippen MR) is 146 cm³/mol. The third-order valence-electron chi connectivity index (χ3n) is 5.57. The van der Waals surface area contributed by atoms with Crippen molar-refractivity contribution in [1.82, 2.24) is 0 Å². The van der Waals surface area contributed by atoms with Crippen molar-refractivity contribution < 1.29 is 24.3 Å². The lowest BCUT2D eigenvalue weighted by Crippen LogP contribution is -2.36. The van der Waals surface area contributed by atoms with Crippen LogP contribution in [0.2, 0.25) is 0 Å². The van der Waals surface area contributed by atoms with Crippen LogP contribution in [0.15, 0.2) is 48.8 Å². The largest absolute Gasteiger partial charge is 0.461 e. The summed E-state index contributed by atoms with van der Waals surface area (Å²) < 4.78 is 7.65. The van der Waals surface area contributed by atoms with Crippen molar-refractivity contribution in [3.63, 3.8) is 0 Å². The Morgan fingerprint density at radius 2 is 1.69 bits per heavy atom. The molecule has 2 aromatic rings. The van der Waals surface area contributed by atoms with E-state index in [9.17, 15) is 15.0 Å². The van der Waals surface area contributed by atoms with Crippen molar-refractivity contribution >= 4 is 45.4 Å². The van der Waals surface area contributed by atoms with Crippen molar-refractivity contribution in [1.29, 1.82) is 0 Å². The maximum atomic E-state index is 12.0. The monoisotopic (exact) mass is 517 g/mol. The van der Waals surface area contributed by atoms with E-state index in [1.807, 2.05) is 52.4 Å². The van der Waals surface area contributed by atoms with Crippen molar-refractivity contribution in [3.05, 3.63) is 59.9 Å². The average molecular weight is 518 g/mol. The summed E-state index contributed by atoms with van der Waals surface area (Å²) in [5, 5.41) is 19.5. The second kappa shape index (κ2) is 14.5. The van der Waals surface area contributed by atoms with E-state index >= 15 is 0 Å². The van der Waals surface area contributed by atoms with Gasteiger partial charge in [-0.25, -0.2) is 4.57 Å². The first-order valence-electron chi connectivity index (χ1n) is 12.2. The van der Waals surface area contributed by atoms with Crippen LogP contribution in [0.5, 0.6) is 0 Å². The van der Waals surface area contributed by atoms with Crippen molar-refractivity contribution in [2.75, 3.05) is 29.5 Å². The number of nitrogens with zero attached hydrogens (tertiary/aromatic N) is 2. The standard InChI is InChI=1S/C27H37N2O4S2/c1-21(30)18-29(19-22(2)31)25-9-7-23(8-10-25)5-6-24-11-15-28(16-12-24)14-3-4-27(32)33-26-13-17-34-35-20-26/h5-12,15-16,21-22,26,30-31H,3-4,13-14,17-20H2,1-2H3/q+1. The smallest absolute Gasteiger partial charge is 0.306 e. The third-order valence-corrected chi connectivity index (χ3v) is 8.05. The maximum Gasteiger partial charge on any atom is 0.306 e. The number of esters is 1. The maximum absolute atomic E-state index is 12.0. The number of aliphatic hydroxyl groups excluding tert-OH is 2. The quantitative estimate of drug-likeness (QED) is 0.248. The Bertz CT molecular complexity index is 917. The number of benzene rings is 1. The molecule has 0 saturated carbocycles. The molecule has 3 atom stereocenters. The van der Waals surface area contributed by atoms with E-state index in [-0.39, 0.29) is 12.1 Å². The van der Waals surface area contributed by atoms with Gasteiger partial charge in [-0.1, -0.05) is 45.9 Å². The lowest BCUT2D eigenvalue weighted by Gasteiger charge is -2.27. The number of pyridine rings is 1. The summed E-state index contributed by atoms with van der Waals surface area (Å²) in [4.78, 5) is 14.0. The molecule has 6 nitrogen and oxygen atoms in total. The summed E-state index contributed by atoms with van der Waals surface area (Å²) in [6.07, 6.45) is 9.52. The van der Waals surface area contributed by atoms with E-state index in [0.29, 0.717) is 19.5 Å². The number of carbonyl (C=O) groups is 1. The van der Waals surface area contributed by atoms with Crippen LogP contribution in [0.4, 0.5) is 5.69 Å². The van der Waals surface area contributed by atoms with Gasteiger partial charge in [0, 0.05) is 48.8 Å². The second-order valence-electron chi connectivity index (χ2n) is 9.01. The van der Waals surface area contributed by atoms with Gasteiger partial charge < -0.3 is 19.8 Å². The number of aromatic nitrogens is 1. The topological polar surface area (TPSA) is 73.9 Å². The normalized spacial score (nSPS) is 17.8. The molecule has 35 heavy (non-hydrogen) atoms. The predicted octanol–water partition coefficient (Wildman–Crippen LogP) is 4.19. The van der Waals surface area contributed by atoms with Gasteiger partial charge in [-0.3, -0.25) is 4.79 Å². The molecule has 0 radical (unpaired) electrons. The minimum atomic E-state index is -0.469. The lowest BCUT2D eigenvalue weighted by atomic mass is 10.1. The van der Waals surface area contributed by atoms with Gasteiger partial charge in [0.25, 0.3) is 0 Å². The van der Waals surface area contributed by atoms with Crippen molar-refractivity contribution in [3.8, 4) is 0 Å². The summed E-state index contributed by atoms with van der Waals surface area (Å²) in [7, 11) is 3.63. The lowest BCUT2D eigenvalue weighted by molar-refractivity contribution is -0.697. The molecule has 2 N–H and O–H groups in total. The zero-order valence-corrected chi connectivity index (χ0v) is 22.2. The summed E-state index contributed by atoms with van der Waals surface area (Å²) in [6.45, 7) is 5.24. The van der Waals surface area contributed by atoms with Gasteiger partial charge in [-0.05, 0) is 43.5 Å². The number of carbonyl (C=O) groups excluding carboxylic acids is 1. The van der Waals surface area contributed by atoms with Crippen LogP contribution in [0.25, 0.3) is 12.2 Å². The minimum absolute atomic E-state index is 0.0797. The van der Waals surface area contributed by atoms with Crippen LogP contribution in [0.1, 0.15) is 44.2 Å². The summed E-state index contributed by atoms with van der Waals surface area (Å²) in [6, 6.07) is 12.2. The highest BCUT2D eigenvalue weighted by Crippen LogP contribution is 2.30. The molecule has 0 bridgehead atoms. The molecule has 0 spiro atoms. The first-order valence-corrected chi connectivity index (χ1v) is 14.7. The molecule has 1 aromatic carbocycles. The number of rotatable bonds is 12. The molecule has 1 aromatic heterocycles. The second-order valence-corrected chi connectivity index (χ2v) is 11.6. The van der Waals surface area contributed by atoms with Crippen LogP contribution < -0.4 is 9.47 Å². The first-order chi connectivity index (χ1) is 16.9. The van der Waals surface area contributed by atoms with Gasteiger partial charge in [-0.2, -0.15) is 0 Å². The van der Waals surface area contributed by atoms with Crippen LogP contribution in [-0.4, -0.2) is 59.1 Å². The minimum Gasteiger partial charge on any atom is -0.461 e. The molecule has 8 heteroatoms. The van der Waals surface area contributed by atoms with Gasteiger partial charge in [0.1, 0.15) is 12.6 Å². The van der Waals surface area contributed by atoms with Crippen molar-refractivity contribution in [2.45, 2.75) is 58.0 Å². The van der Waals surface area contributed by atoms with Gasteiger partial charge in [0.2, 0.25) is 0 Å². The zero-order chi connectivity index (χ0) is 25.0. The Labute approximate surface area is 216 Å². The molecule has 1 saturated heterocycles. The summed E-state index contributed by atoms with van der Waals surface area (Å²) in [5.41, 5.74) is 3.15. The number of ether oxygens (including phenoxy) is 1. The van der Waals surface area contributed by atoms with E-state index in [1.165, 1.54) is 0 Å². The molecule has 1 aliphatic heterocycles.